The zero-order chi connectivity index (χ0) is 8.77. The molecule has 0 amide bonds. The van der Waals surface area contributed by atoms with Gasteiger partial charge in [0.15, 0.2) is 0 Å². The molecule has 3 nitrogen and oxygen atoms in total. The lowest BCUT2D eigenvalue weighted by molar-refractivity contribution is -0.146. The van der Waals surface area contributed by atoms with Crippen molar-refractivity contribution >= 4 is 5.97 Å². The highest BCUT2D eigenvalue weighted by molar-refractivity contribution is 5.79. The van der Waals surface area contributed by atoms with E-state index in [1.165, 1.54) is 0 Å². The van der Waals surface area contributed by atoms with Gasteiger partial charge in [0.05, 0.1) is 18.1 Å². The molecule has 1 N–H and O–H groups in total. The number of ether oxygens (including phenoxy) is 1. The van der Waals surface area contributed by atoms with Crippen molar-refractivity contribution in [3.05, 3.63) is 0 Å². The van der Waals surface area contributed by atoms with Crippen LogP contribution >= 0.6 is 0 Å². The predicted molar refractivity (Wildman–Crippen MR) is 42.4 cm³/mol. The van der Waals surface area contributed by atoms with Crippen LogP contribution in [0.4, 0.5) is 0 Å². The summed E-state index contributed by atoms with van der Waals surface area (Å²) >= 11 is 0. The molecule has 0 spiro atoms. The summed E-state index contributed by atoms with van der Waals surface area (Å²) < 4.78 is 4.87. The van der Waals surface area contributed by atoms with Gasteiger partial charge in [-0.1, -0.05) is 6.42 Å². The van der Waals surface area contributed by atoms with Crippen molar-refractivity contribution in [3.8, 4) is 0 Å². The molecule has 3 heteroatoms. The van der Waals surface area contributed by atoms with E-state index in [2.05, 4.69) is 0 Å². The van der Waals surface area contributed by atoms with E-state index >= 15 is 0 Å². The fourth-order valence-electron chi connectivity index (χ4n) is 2.47. The van der Waals surface area contributed by atoms with E-state index in [1.54, 1.807) is 6.92 Å². The SMILES string of the molecule is CCOC(=O)C1C2CCCC21O. The molecule has 2 aliphatic carbocycles. The number of esters is 1. The standard InChI is InChI=1S/C9H14O3/c1-2-12-8(10)7-6-4-3-5-9(6,7)11/h6-7,11H,2-5H2,1H3. The van der Waals surface area contributed by atoms with Crippen LogP contribution in [0.1, 0.15) is 26.2 Å². The van der Waals surface area contributed by atoms with Crippen molar-refractivity contribution in [1.82, 2.24) is 0 Å². The minimum absolute atomic E-state index is 0.203. The first-order valence-electron chi connectivity index (χ1n) is 4.59. The summed E-state index contributed by atoms with van der Waals surface area (Å²) in [5.74, 6) is -0.201. The molecule has 12 heavy (non-hydrogen) atoms. The number of carbonyl (C=O) groups is 1. The average molecular weight is 170 g/mol. The van der Waals surface area contributed by atoms with Crippen LogP contribution < -0.4 is 0 Å². The molecule has 3 unspecified atom stereocenters. The van der Waals surface area contributed by atoms with Gasteiger partial charge in [-0.15, -0.1) is 0 Å². The number of hydrogen-bond acceptors (Lipinski definition) is 3. The summed E-state index contributed by atoms with van der Waals surface area (Å²) in [5, 5.41) is 9.82. The maximum absolute atomic E-state index is 11.2. The molecule has 0 aromatic carbocycles. The molecule has 2 fully saturated rings. The van der Waals surface area contributed by atoms with Gasteiger partial charge in [-0.2, -0.15) is 0 Å². The van der Waals surface area contributed by atoms with Crippen molar-refractivity contribution in [3.63, 3.8) is 0 Å². The van der Waals surface area contributed by atoms with Crippen molar-refractivity contribution < 1.29 is 14.6 Å². The molecule has 68 valence electrons. The van der Waals surface area contributed by atoms with Crippen LogP contribution in [0.3, 0.4) is 0 Å². The lowest BCUT2D eigenvalue weighted by Crippen LogP contribution is -2.17. The fraction of sp³-hybridized carbons (Fsp3) is 0.889. The van der Waals surface area contributed by atoms with Gasteiger partial charge in [-0.05, 0) is 19.8 Å². The van der Waals surface area contributed by atoms with Crippen molar-refractivity contribution in [2.45, 2.75) is 31.8 Å². The Hall–Kier alpha value is -0.570. The fourth-order valence-corrected chi connectivity index (χ4v) is 2.47. The molecule has 0 bridgehead atoms. The monoisotopic (exact) mass is 170 g/mol. The minimum Gasteiger partial charge on any atom is -0.466 e. The summed E-state index contributed by atoms with van der Waals surface area (Å²) in [6, 6.07) is 0. The Morgan fingerprint density at radius 1 is 1.75 bits per heavy atom. The van der Waals surface area contributed by atoms with Gasteiger partial charge in [0.2, 0.25) is 0 Å². The molecule has 0 aromatic heterocycles. The zero-order valence-corrected chi connectivity index (χ0v) is 7.25. The van der Waals surface area contributed by atoms with Crippen molar-refractivity contribution in [2.75, 3.05) is 6.61 Å². The summed E-state index contributed by atoms with van der Waals surface area (Å²) in [4.78, 5) is 11.2. The van der Waals surface area contributed by atoms with Crippen molar-refractivity contribution in [2.24, 2.45) is 11.8 Å². The third-order valence-electron chi connectivity index (χ3n) is 3.11. The molecule has 2 rings (SSSR count). The van der Waals surface area contributed by atoms with Gasteiger partial charge < -0.3 is 9.84 Å². The van der Waals surface area contributed by atoms with Crippen LogP contribution in [0.2, 0.25) is 0 Å². The number of hydrogen-bond donors (Lipinski definition) is 1. The molecule has 0 heterocycles. The van der Waals surface area contributed by atoms with Crippen LogP contribution in [0.25, 0.3) is 0 Å². The van der Waals surface area contributed by atoms with Crippen LogP contribution in [0.15, 0.2) is 0 Å². The lowest BCUT2D eigenvalue weighted by Gasteiger charge is -2.06. The van der Waals surface area contributed by atoms with Gasteiger partial charge >= 0.3 is 5.97 Å². The summed E-state index contributed by atoms with van der Waals surface area (Å²) in [6.45, 7) is 2.21. The highest BCUT2D eigenvalue weighted by Gasteiger charge is 2.70. The molecular formula is C9H14O3. The Kier molecular flexibility index (Phi) is 1.65. The maximum atomic E-state index is 11.2. The molecule has 0 radical (unpaired) electrons. The quantitative estimate of drug-likeness (QED) is 0.621. The largest absolute Gasteiger partial charge is 0.466 e. The topological polar surface area (TPSA) is 46.5 Å². The Bertz CT molecular complexity index is 214. The molecular weight excluding hydrogens is 156 g/mol. The lowest BCUT2D eigenvalue weighted by atomic mass is 10.1. The predicted octanol–water partition coefficient (Wildman–Crippen LogP) is 0.710. The first-order valence-corrected chi connectivity index (χ1v) is 4.59. The van der Waals surface area contributed by atoms with Gasteiger partial charge in [0.1, 0.15) is 0 Å². The normalized spacial score (nSPS) is 43.8. The number of rotatable bonds is 2. The van der Waals surface area contributed by atoms with Gasteiger partial charge in [-0.3, -0.25) is 4.79 Å². The zero-order valence-electron chi connectivity index (χ0n) is 7.25. The Balaban J connectivity index is 1.97. The first-order chi connectivity index (χ1) is 5.70. The average Bonchev–Trinajstić information content (AvgIpc) is 2.40. The second kappa shape index (κ2) is 2.46. The Morgan fingerprint density at radius 3 is 3.00 bits per heavy atom. The number of carbonyl (C=O) groups excluding carboxylic acids is 1. The van der Waals surface area contributed by atoms with E-state index in [9.17, 15) is 9.90 Å². The first kappa shape index (κ1) is 8.05. The Morgan fingerprint density at radius 2 is 2.50 bits per heavy atom. The van der Waals surface area contributed by atoms with Gasteiger partial charge in [0, 0.05) is 5.92 Å². The van der Waals surface area contributed by atoms with E-state index < -0.39 is 5.60 Å². The third kappa shape index (κ3) is 0.891. The van der Waals surface area contributed by atoms with Crippen LogP contribution in [-0.4, -0.2) is 23.3 Å². The molecule has 2 saturated carbocycles. The maximum Gasteiger partial charge on any atom is 0.312 e. The number of fused-ring (bicyclic) bond motifs is 1. The van der Waals surface area contributed by atoms with Crippen LogP contribution in [-0.2, 0) is 9.53 Å². The minimum atomic E-state index is -0.674. The van der Waals surface area contributed by atoms with Crippen LogP contribution in [0.5, 0.6) is 0 Å². The summed E-state index contributed by atoms with van der Waals surface area (Å²) in [5.41, 5.74) is -0.674. The van der Waals surface area contributed by atoms with E-state index in [4.69, 9.17) is 4.74 Å². The molecule has 0 aliphatic heterocycles. The number of aliphatic hydroxyl groups is 1. The smallest absolute Gasteiger partial charge is 0.312 e. The third-order valence-corrected chi connectivity index (χ3v) is 3.11. The van der Waals surface area contributed by atoms with Crippen molar-refractivity contribution in [1.29, 1.82) is 0 Å². The molecule has 3 atom stereocenters. The molecule has 0 aromatic rings. The van der Waals surface area contributed by atoms with E-state index in [-0.39, 0.29) is 17.8 Å². The van der Waals surface area contributed by atoms with E-state index in [0.717, 1.165) is 19.3 Å². The van der Waals surface area contributed by atoms with Gasteiger partial charge in [0.25, 0.3) is 0 Å². The summed E-state index contributed by atoms with van der Waals surface area (Å²) in [7, 11) is 0. The molecule has 2 aliphatic rings. The Labute approximate surface area is 71.7 Å². The molecule has 0 saturated heterocycles. The second-order valence-electron chi connectivity index (χ2n) is 3.72. The summed E-state index contributed by atoms with van der Waals surface area (Å²) in [6.07, 6.45) is 2.82. The van der Waals surface area contributed by atoms with E-state index in [0.29, 0.717) is 6.61 Å². The van der Waals surface area contributed by atoms with Gasteiger partial charge in [-0.25, -0.2) is 0 Å². The highest BCUT2D eigenvalue weighted by atomic mass is 16.5. The second-order valence-corrected chi connectivity index (χ2v) is 3.72. The van der Waals surface area contributed by atoms with E-state index in [1.807, 2.05) is 0 Å². The van der Waals surface area contributed by atoms with Crippen LogP contribution in [0, 0.1) is 11.8 Å². The highest BCUT2D eigenvalue weighted by Crippen LogP contribution is 2.61.